The molecule has 2 aromatic carbocycles. The number of primary amides is 1. The van der Waals surface area contributed by atoms with Crippen molar-refractivity contribution in [3.8, 4) is 5.75 Å². The molecule has 0 aromatic heterocycles. The van der Waals surface area contributed by atoms with Crippen LogP contribution >= 0.6 is 15.9 Å². The normalized spacial score (nSPS) is 10.1. The number of halogens is 1. The Morgan fingerprint density at radius 2 is 1.95 bits per heavy atom. The number of carboxylic acid groups (broad SMARTS) is 1. The minimum atomic E-state index is -1.07. The Bertz CT molecular complexity index is 700. The number of rotatable bonds is 5. The maximum atomic E-state index is 11.1. The highest BCUT2D eigenvalue weighted by atomic mass is 79.9. The average molecular weight is 350 g/mol. The van der Waals surface area contributed by atoms with E-state index in [4.69, 9.17) is 15.6 Å². The fourth-order valence-electron chi connectivity index (χ4n) is 1.77. The third-order valence-corrected chi connectivity index (χ3v) is 3.27. The minimum absolute atomic E-state index is 0.0734. The largest absolute Gasteiger partial charge is 0.488 e. The first kappa shape index (κ1) is 15.1. The van der Waals surface area contributed by atoms with E-state index in [1.54, 1.807) is 36.4 Å². The first-order chi connectivity index (χ1) is 9.97. The second-order valence-corrected chi connectivity index (χ2v) is 5.21. The first-order valence-electron chi connectivity index (χ1n) is 6.02. The molecule has 0 saturated carbocycles. The summed E-state index contributed by atoms with van der Waals surface area (Å²) in [7, 11) is 0. The maximum absolute atomic E-state index is 11.1. The molecule has 1 amide bonds. The van der Waals surface area contributed by atoms with Crippen LogP contribution in [0.4, 0.5) is 0 Å². The lowest BCUT2D eigenvalue weighted by Crippen LogP contribution is -2.11. The van der Waals surface area contributed by atoms with Crippen LogP contribution in [0.15, 0.2) is 46.9 Å². The molecule has 3 N–H and O–H groups in total. The number of hydrogen-bond acceptors (Lipinski definition) is 3. The van der Waals surface area contributed by atoms with Gasteiger partial charge < -0.3 is 15.6 Å². The molecule has 0 bridgehead atoms. The molecule has 2 aromatic rings. The van der Waals surface area contributed by atoms with E-state index in [-0.39, 0.29) is 17.9 Å². The second-order valence-electron chi connectivity index (χ2n) is 4.30. The highest BCUT2D eigenvalue weighted by Crippen LogP contribution is 2.24. The standard InChI is InChI=1S/C15H12BrNO4/c16-11-4-5-12(15(19)20)13(7-11)21-8-9-2-1-3-10(6-9)14(17)18/h1-7H,8H2,(H2,17,18)(H,19,20). The number of nitrogens with two attached hydrogens (primary N) is 1. The average Bonchev–Trinajstić information content (AvgIpc) is 2.45. The summed E-state index contributed by atoms with van der Waals surface area (Å²) in [5, 5.41) is 9.11. The van der Waals surface area contributed by atoms with Gasteiger partial charge in [0, 0.05) is 10.0 Å². The van der Waals surface area contributed by atoms with Gasteiger partial charge in [0.2, 0.25) is 5.91 Å². The summed E-state index contributed by atoms with van der Waals surface area (Å²) in [6.07, 6.45) is 0. The predicted octanol–water partition coefficient (Wildman–Crippen LogP) is 2.83. The summed E-state index contributed by atoms with van der Waals surface area (Å²) in [4.78, 5) is 22.2. The zero-order valence-electron chi connectivity index (χ0n) is 10.9. The summed E-state index contributed by atoms with van der Waals surface area (Å²) in [5.74, 6) is -1.34. The van der Waals surface area contributed by atoms with E-state index >= 15 is 0 Å². The Kier molecular flexibility index (Phi) is 4.59. The lowest BCUT2D eigenvalue weighted by molar-refractivity contribution is 0.0691. The van der Waals surface area contributed by atoms with Crippen molar-refractivity contribution in [3.63, 3.8) is 0 Å². The van der Waals surface area contributed by atoms with Crippen LogP contribution in [0.3, 0.4) is 0 Å². The number of hydrogen-bond donors (Lipinski definition) is 2. The monoisotopic (exact) mass is 349 g/mol. The SMILES string of the molecule is NC(=O)c1cccc(COc2cc(Br)ccc2C(=O)O)c1. The molecular formula is C15H12BrNO4. The van der Waals surface area contributed by atoms with E-state index in [9.17, 15) is 9.59 Å². The van der Waals surface area contributed by atoms with Crippen LogP contribution < -0.4 is 10.5 Å². The molecule has 0 atom stereocenters. The molecule has 0 spiro atoms. The van der Waals surface area contributed by atoms with Crippen LogP contribution in [0.25, 0.3) is 0 Å². The smallest absolute Gasteiger partial charge is 0.339 e. The van der Waals surface area contributed by atoms with Crippen molar-refractivity contribution in [2.75, 3.05) is 0 Å². The fraction of sp³-hybridized carbons (Fsp3) is 0.0667. The Labute approximate surface area is 129 Å². The molecule has 2 rings (SSSR count). The quantitative estimate of drug-likeness (QED) is 0.868. The molecule has 0 unspecified atom stereocenters. The zero-order chi connectivity index (χ0) is 15.4. The number of ether oxygens (including phenoxy) is 1. The highest BCUT2D eigenvalue weighted by Gasteiger charge is 2.12. The van der Waals surface area contributed by atoms with Gasteiger partial charge in [-0.3, -0.25) is 4.79 Å². The molecule has 0 radical (unpaired) electrons. The predicted molar refractivity (Wildman–Crippen MR) is 80.4 cm³/mol. The van der Waals surface area contributed by atoms with Gasteiger partial charge in [-0.1, -0.05) is 28.1 Å². The number of aromatic carboxylic acids is 1. The Morgan fingerprint density at radius 3 is 2.62 bits per heavy atom. The molecule has 0 saturated heterocycles. The van der Waals surface area contributed by atoms with Crippen molar-refractivity contribution in [2.24, 2.45) is 5.73 Å². The van der Waals surface area contributed by atoms with Crippen molar-refractivity contribution in [1.29, 1.82) is 0 Å². The van der Waals surface area contributed by atoms with Crippen LogP contribution in [0.5, 0.6) is 5.75 Å². The molecule has 6 heteroatoms. The molecule has 0 aliphatic carbocycles. The number of carboxylic acids is 1. The van der Waals surface area contributed by atoms with Gasteiger partial charge in [-0.2, -0.15) is 0 Å². The van der Waals surface area contributed by atoms with Gasteiger partial charge in [-0.15, -0.1) is 0 Å². The molecule has 108 valence electrons. The molecule has 5 nitrogen and oxygen atoms in total. The number of amides is 1. The molecule has 0 aliphatic rings. The van der Waals surface area contributed by atoms with Gasteiger partial charge in [0.25, 0.3) is 0 Å². The number of benzene rings is 2. The topological polar surface area (TPSA) is 89.6 Å². The van der Waals surface area contributed by atoms with Crippen molar-refractivity contribution in [2.45, 2.75) is 6.61 Å². The van der Waals surface area contributed by atoms with E-state index in [1.165, 1.54) is 6.07 Å². The second kappa shape index (κ2) is 6.41. The molecule has 0 heterocycles. The summed E-state index contributed by atoms with van der Waals surface area (Å²) >= 11 is 3.27. The van der Waals surface area contributed by atoms with Crippen molar-refractivity contribution in [3.05, 3.63) is 63.6 Å². The van der Waals surface area contributed by atoms with Crippen LogP contribution in [-0.4, -0.2) is 17.0 Å². The summed E-state index contributed by atoms with van der Waals surface area (Å²) in [6, 6.07) is 11.4. The van der Waals surface area contributed by atoms with E-state index in [0.29, 0.717) is 10.0 Å². The summed E-state index contributed by atoms with van der Waals surface area (Å²) in [6.45, 7) is 0.137. The minimum Gasteiger partial charge on any atom is -0.488 e. The van der Waals surface area contributed by atoms with Crippen molar-refractivity contribution < 1.29 is 19.4 Å². The van der Waals surface area contributed by atoms with Crippen LogP contribution in [0.1, 0.15) is 26.3 Å². The van der Waals surface area contributed by atoms with Gasteiger partial charge in [-0.25, -0.2) is 4.79 Å². The van der Waals surface area contributed by atoms with Crippen LogP contribution in [0, 0.1) is 0 Å². The van der Waals surface area contributed by atoms with Crippen LogP contribution in [0.2, 0.25) is 0 Å². The molecule has 21 heavy (non-hydrogen) atoms. The lowest BCUT2D eigenvalue weighted by Gasteiger charge is -2.10. The van der Waals surface area contributed by atoms with E-state index < -0.39 is 11.9 Å². The maximum Gasteiger partial charge on any atom is 0.339 e. The summed E-state index contributed by atoms with van der Waals surface area (Å²) < 4.78 is 6.25. The van der Waals surface area contributed by atoms with Gasteiger partial charge in [0.15, 0.2) is 0 Å². The van der Waals surface area contributed by atoms with Crippen LogP contribution in [-0.2, 0) is 6.61 Å². The summed E-state index contributed by atoms with van der Waals surface area (Å²) in [5.41, 5.74) is 6.39. The third kappa shape index (κ3) is 3.82. The van der Waals surface area contributed by atoms with E-state index in [1.807, 2.05) is 0 Å². The molecule has 0 fully saturated rings. The van der Waals surface area contributed by atoms with Gasteiger partial charge in [0.1, 0.15) is 17.9 Å². The Balaban J connectivity index is 2.20. The third-order valence-electron chi connectivity index (χ3n) is 2.78. The number of carbonyl (C=O) groups is 2. The van der Waals surface area contributed by atoms with Crippen molar-refractivity contribution >= 4 is 27.8 Å². The molecular weight excluding hydrogens is 338 g/mol. The zero-order valence-corrected chi connectivity index (χ0v) is 12.5. The lowest BCUT2D eigenvalue weighted by atomic mass is 10.1. The molecule has 0 aliphatic heterocycles. The van der Waals surface area contributed by atoms with Crippen molar-refractivity contribution in [1.82, 2.24) is 0 Å². The van der Waals surface area contributed by atoms with E-state index in [0.717, 1.165) is 5.56 Å². The first-order valence-corrected chi connectivity index (χ1v) is 6.81. The van der Waals surface area contributed by atoms with Gasteiger partial charge in [-0.05, 0) is 35.9 Å². The van der Waals surface area contributed by atoms with Gasteiger partial charge >= 0.3 is 5.97 Å². The Hall–Kier alpha value is -2.34. The fourth-order valence-corrected chi connectivity index (χ4v) is 2.11. The van der Waals surface area contributed by atoms with E-state index in [2.05, 4.69) is 15.9 Å². The highest BCUT2D eigenvalue weighted by molar-refractivity contribution is 9.10. The number of carbonyl (C=O) groups excluding carboxylic acids is 1. The van der Waals surface area contributed by atoms with Gasteiger partial charge in [0.05, 0.1) is 0 Å². The Morgan fingerprint density at radius 1 is 1.19 bits per heavy atom.